The van der Waals surface area contributed by atoms with E-state index in [1.165, 1.54) is 64.1 Å². The number of guanidine groups is 1. The van der Waals surface area contributed by atoms with Gasteiger partial charge in [0, 0.05) is 19.4 Å². The van der Waals surface area contributed by atoms with E-state index in [0.29, 0.717) is 50.8 Å². The summed E-state index contributed by atoms with van der Waals surface area (Å²) in [7, 11) is 0. The second kappa shape index (κ2) is 52.8. The van der Waals surface area contributed by atoms with E-state index < -0.39 is 144 Å². The van der Waals surface area contributed by atoms with E-state index >= 15 is 0 Å². The van der Waals surface area contributed by atoms with E-state index in [4.69, 9.17) is 40.1 Å². The molecule has 0 heterocycles. The third kappa shape index (κ3) is 40.9. The van der Waals surface area contributed by atoms with Gasteiger partial charge in [-0.1, -0.05) is 85.0 Å². The highest BCUT2D eigenvalue weighted by Crippen LogP contribution is 2.15. The Kier molecular flexibility index (Phi) is 48.7. The molecule has 0 saturated carbocycles. The summed E-state index contributed by atoms with van der Waals surface area (Å²) in [6.45, 7) is 8.85. The largest absolute Gasteiger partial charge is 0.480 e. The maximum absolute atomic E-state index is 14.4. The molecule has 0 saturated heterocycles. The van der Waals surface area contributed by atoms with Crippen LogP contribution in [0.1, 0.15) is 208 Å². The molecule has 0 aromatic rings. The zero-order chi connectivity index (χ0) is 72.5. The first-order valence-electron chi connectivity index (χ1n) is 34.0. The Hall–Kier alpha value is -7.39. The topological polar surface area (TPSA) is 557 Å². The Morgan fingerprint density at radius 2 is 0.760 bits per heavy atom. The Bertz CT molecular complexity index is 2440. The molecule has 0 rings (SSSR count). The summed E-state index contributed by atoms with van der Waals surface area (Å²) in [5.74, 6) is -11.8. The fourth-order valence-electron chi connectivity index (χ4n) is 9.95. The lowest BCUT2D eigenvalue weighted by molar-refractivity contribution is -0.142. The van der Waals surface area contributed by atoms with E-state index in [-0.39, 0.29) is 95.7 Å². The van der Waals surface area contributed by atoms with Crippen LogP contribution in [-0.2, 0) is 62.3 Å². The zero-order valence-corrected chi connectivity index (χ0v) is 58.4. The van der Waals surface area contributed by atoms with Crippen molar-refractivity contribution in [3.8, 4) is 0 Å². The monoisotopic (exact) mass is 1380 g/mol. The maximum atomic E-state index is 14.4. The number of aliphatic carboxylic acids is 1. The highest BCUT2D eigenvalue weighted by Gasteiger charge is 2.36. The van der Waals surface area contributed by atoms with E-state index in [9.17, 15) is 67.4 Å². The van der Waals surface area contributed by atoms with Gasteiger partial charge >= 0.3 is 5.97 Å². The van der Waals surface area contributed by atoms with Crippen molar-refractivity contribution in [3.05, 3.63) is 0 Å². The van der Waals surface area contributed by atoms with Crippen LogP contribution in [-0.4, -0.2) is 187 Å². The Morgan fingerprint density at radius 1 is 0.385 bits per heavy atom. The Labute approximate surface area is 570 Å². The quantitative estimate of drug-likeness (QED) is 0.0190. The fourth-order valence-corrected chi connectivity index (χ4v) is 10.4. The maximum Gasteiger partial charge on any atom is 0.326 e. The summed E-state index contributed by atoms with van der Waals surface area (Å²) in [6, 6.07) is -13.6. The van der Waals surface area contributed by atoms with E-state index in [1.54, 1.807) is 20.1 Å². The van der Waals surface area contributed by atoms with Gasteiger partial charge in [-0.05, 0) is 141 Å². The van der Waals surface area contributed by atoms with Crippen LogP contribution >= 0.6 is 11.8 Å². The summed E-state index contributed by atoms with van der Waals surface area (Å²) in [6.07, 6.45) is 15.8. The molecule has 0 aromatic heterocycles. The number of carbonyl (C=O) groups excluding carboxylic acids is 12. The lowest BCUT2D eigenvalue weighted by atomic mass is 10.0. The summed E-state index contributed by atoms with van der Waals surface area (Å²) in [5.41, 5.74) is 39.0. The molecule has 10 atom stereocenters. The number of hydrogen-bond acceptors (Lipinski definition) is 18. The van der Waals surface area contributed by atoms with Gasteiger partial charge in [-0.3, -0.25) is 62.5 Å². The van der Waals surface area contributed by atoms with Crippen LogP contribution < -0.4 is 93.3 Å². The second-order valence-corrected chi connectivity index (χ2v) is 25.5. The Balaban J connectivity index is 6.55. The van der Waals surface area contributed by atoms with Gasteiger partial charge in [0.25, 0.3) is 0 Å². The first kappa shape index (κ1) is 88.6. The molecule has 0 fully saturated rings. The highest BCUT2D eigenvalue weighted by atomic mass is 32.2. The smallest absolute Gasteiger partial charge is 0.326 e. The van der Waals surface area contributed by atoms with Crippen LogP contribution in [0.25, 0.3) is 0 Å². The minimum absolute atomic E-state index is 0.0226. The SMILES string of the molecule is CCCCCCCCCCCCCC(=O)NC(CCCCN)C(=O)NC(CCCN=C(N)N)C(=O)NC(CCSC)C(=O)NC(CCCCN)C(=O)NC(C(=O)NC(C)C(=O)NC(CCCCN)C(=O)NC(CC(N)=O)C(=O)NC(C)C(=O)NC(CCC(N)=O)C(=O)O)C(C)C. The van der Waals surface area contributed by atoms with Crippen molar-refractivity contribution in [3.63, 3.8) is 0 Å². The van der Waals surface area contributed by atoms with Crippen LogP contribution in [0.15, 0.2) is 4.99 Å². The lowest BCUT2D eigenvalue weighted by Gasteiger charge is -2.29. The molecule has 0 bridgehead atoms. The standard InChI is InChI=1S/C63H118N18O14S/c1-7-8-9-10-11-12-13-14-15-16-17-29-51(84)74-42(25-18-21-33-64)55(87)77-45(28-24-36-71-63(69)70)56(88)78-46(32-37-96-6)58(90)76-44(27-20-23-35-66)59(91)81-52(39(2)3)61(93)73-41(5)53(85)75-43(26-19-22-34-65)57(89)80-48(38-50(68)83)60(92)72-40(4)54(86)79-47(62(94)95)30-31-49(67)82/h39-48,52H,7-38,64-66H2,1-6H3,(H2,67,82)(H2,68,83)(H,72,92)(H,73,93)(H,74,84)(H,75,85)(H,76,90)(H,77,87)(H,78,88)(H,79,86)(H,80,89)(H,81,91)(H,94,95)(H4,69,70,71). The number of nitrogens with one attached hydrogen (secondary N) is 10. The van der Waals surface area contributed by atoms with Gasteiger partial charge in [0.05, 0.1) is 6.42 Å². The molecular weight excluding hydrogens is 1260 g/mol. The lowest BCUT2D eigenvalue weighted by Crippen LogP contribution is -2.61. The average molecular weight is 1380 g/mol. The van der Waals surface area contributed by atoms with E-state index in [1.807, 2.05) is 0 Å². The molecule has 33 heteroatoms. The molecule has 96 heavy (non-hydrogen) atoms. The van der Waals surface area contributed by atoms with Crippen LogP contribution in [0.4, 0.5) is 0 Å². The zero-order valence-electron chi connectivity index (χ0n) is 57.6. The van der Waals surface area contributed by atoms with Gasteiger partial charge in [0.1, 0.15) is 60.4 Å². The van der Waals surface area contributed by atoms with Crippen LogP contribution in [0.5, 0.6) is 0 Å². The molecule has 0 aliphatic rings. The minimum Gasteiger partial charge on any atom is -0.480 e. The number of hydrogen-bond donors (Lipinski definition) is 18. The number of carboxylic acid groups (broad SMARTS) is 1. The normalized spacial score (nSPS) is 14.2. The van der Waals surface area contributed by atoms with Gasteiger partial charge in [0.2, 0.25) is 70.9 Å². The molecule has 10 unspecified atom stereocenters. The van der Waals surface area contributed by atoms with Crippen LogP contribution in [0.2, 0.25) is 0 Å². The van der Waals surface area contributed by atoms with E-state index in [0.717, 1.165) is 25.7 Å². The number of nitrogens with zero attached hydrogens (tertiary/aromatic N) is 1. The molecule has 550 valence electrons. The molecule has 0 aliphatic heterocycles. The summed E-state index contributed by atoms with van der Waals surface area (Å²) in [4.78, 5) is 178. The van der Waals surface area contributed by atoms with Crippen molar-refractivity contribution < 1.29 is 67.4 Å². The van der Waals surface area contributed by atoms with Gasteiger partial charge in [-0.2, -0.15) is 11.8 Å². The third-order valence-electron chi connectivity index (χ3n) is 15.7. The highest BCUT2D eigenvalue weighted by molar-refractivity contribution is 7.98. The predicted molar refractivity (Wildman–Crippen MR) is 368 cm³/mol. The van der Waals surface area contributed by atoms with Crippen molar-refractivity contribution in [2.24, 2.45) is 51.0 Å². The van der Waals surface area contributed by atoms with Gasteiger partial charge < -0.3 is 98.4 Å². The molecule has 0 aliphatic carbocycles. The number of rotatable bonds is 57. The Morgan fingerprint density at radius 3 is 1.17 bits per heavy atom. The number of amides is 12. The predicted octanol–water partition coefficient (Wildman–Crippen LogP) is -1.35. The number of nitrogens with two attached hydrogens (primary N) is 7. The molecular formula is C63H118N18O14S. The van der Waals surface area contributed by atoms with Crippen LogP contribution in [0, 0.1) is 5.92 Å². The summed E-state index contributed by atoms with van der Waals surface area (Å²) >= 11 is 1.39. The molecule has 12 amide bonds. The molecule has 0 radical (unpaired) electrons. The first-order chi connectivity index (χ1) is 45.6. The minimum atomic E-state index is -1.71. The second-order valence-electron chi connectivity index (χ2n) is 24.6. The summed E-state index contributed by atoms with van der Waals surface area (Å²) in [5, 5.41) is 35.3. The third-order valence-corrected chi connectivity index (χ3v) is 16.3. The van der Waals surface area contributed by atoms with Gasteiger partial charge in [-0.15, -0.1) is 0 Å². The number of unbranched alkanes of at least 4 members (excludes halogenated alkanes) is 13. The fraction of sp³-hybridized carbons (Fsp3) is 0.778. The van der Waals surface area contributed by atoms with Crippen molar-refractivity contribution in [2.75, 3.05) is 38.2 Å². The number of carboxylic acids is 1. The van der Waals surface area contributed by atoms with E-state index in [2.05, 4.69) is 65.1 Å². The van der Waals surface area contributed by atoms with Crippen molar-refractivity contribution >= 4 is 94.6 Å². The molecule has 0 spiro atoms. The average Bonchev–Trinajstić information content (AvgIpc) is 0.910. The molecule has 32 nitrogen and oxygen atoms in total. The molecule has 25 N–H and O–H groups in total. The molecule has 0 aromatic carbocycles. The van der Waals surface area contributed by atoms with Gasteiger partial charge in [0.15, 0.2) is 5.96 Å². The number of aliphatic imine (C=N–C) groups is 1. The number of carbonyl (C=O) groups is 13. The number of thioether (sulfide) groups is 1. The van der Waals surface area contributed by atoms with Gasteiger partial charge in [-0.25, -0.2) is 4.79 Å². The first-order valence-corrected chi connectivity index (χ1v) is 35.4. The van der Waals surface area contributed by atoms with Crippen molar-refractivity contribution in [1.29, 1.82) is 0 Å². The number of primary amides is 2. The summed E-state index contributed by atoms with van der Waals surface area (Å²) < 4.78 is 0. The van der Waals surface area contributed by atoms with Crippen molar-refractivity contribution in [1.82, 2.24) is 53.2 Å². The van der Waals surface area contributed by atoms with Crippen molar-refractivity contribution in [2.45, 2.75) is 268 Å². The van der Waals surface area contributed by atoms with Crippen LogP contribution in [0.3, 0.4) is 0 Å².